The molecule has 3 heteroatoms. The van der Waals surface area contributed by atoms with Gasteiger partial charge in [0.05, 0.1) is 6.34 Å². The molecule has 0 bridgehead atoms. The van der Waals surface area contributed by atoms with E-state index in [1.54, 1.807) is 12.3 Å². The number of hydrogen-bond donors (Lipinski definition) is 1. The van der Waals surface area contributed by atoms with Crippen LogP contribution in [0.15, 0.2) is 12.3 Å². The van der Waals surface area contributed by atoms with Crippen molar-refractivity contribution in [2.24, 2.45) is 5.41 Å². The lowest BCUT2D eigenvalue weighted by Gasteiger charge is -2.22. The molecule has 0 atom stereocenters. The van der Waals surface area contributed by atoms with Crippen molar-refractivity contribution in [2.45, 2.75) is 27.7 Å². The third kappa shape index (κ3) is 2.86. The summed E-state index contributed by atoms with van der Waals surface area (Å²) in [6.45, 7) is 7.30. The smallest absolute Gasteiger partial charge is 0.237 e. The molecule has 0 saturated heterocycles. The van der Waals surface area contributed by atoms with Gasteiger partial charge in [0.15, 0.2) is 0 Å². The number of carbonyl (C=O) groups excluding carboxylic acids is 1. The topological polar surface area (TPSA) is 44.2 Å². The molecule has 0 radical (unpaired) electrons. The maximum absolute atomic E-state index is 11.5. The van der Waals surface area contributed by atoms with Gasteiger partial charge >= 0.3 is 0 Å². The van der Waals surface area contributed by atoms with Crippen LogP contribution < -0.4 is 0 Å². The van der Waals surface area contributed by atoms with Crippen LogP contribution in [0.5, 0.6) is 0 Å². The van der Waals surface area contributed by atoms with Gasteiger partial charge in [-0.25, -0.2) is 0 Å². The van der Waals surface area contributed by atoms with Gasteiger partial charge in [-0.3, -0.25) is 15.1 Å². The molecule has 0 aliphatic rings. The highest BCUT2D eigenvalue weighted by Crippen LogP contribution is 2.16. The second kappa shape index (κ2) is 4.04. The fourth-order valence-corrected chi connectivity index (χ4v) is 0.717. The van der Waals surface area contributed by atoms with Crippen LogP contribution in [0.1, 0.15) is 27.7 Å². The normalized spacial score (nSPS) is 11.7. The van der Waals surface area contributed by atoms with E-state index in [4.69, 9.17) is 5.41 Å². The second-order valence-electron chi connectivity index (χ2n) is 3.57. The third-order valence-corrected chi connectivity index (χ3v) is 1.32. The van der Waals surface area contributed by atoms with Gasteiger partial charge in [-0.15, -0.1) is 0 Å². The van der Waals surface area contributed by atoms with Gasteiger partial charge in [0.2, 0.25) is 5.91 Å². The molecule has 0 saturated carbocycles. The molecule has 1 amide bonds. The minimum absolute atomic E-state index is 0.0735. The summed E-state index contributed by atoms with van der Waals surface area (Å²) < 4.78 is 0. The van der Waals surface area contributed by atoms with E-state index in [2.05, 4.69) is 0 Å². The summed E-state index contributed by atoms with van der Waals surface area (Å²) in [5.74, 6) is -0.0735. The fourth-order valence-electron chi connectivity index (χ4n) is 0.717. The highest BCUT2D eigenvalue weighted by molar-refractivity contribution is 5.91. The number of allylic oxidation sites excluding steroid dienone is 1. The van der Waals surface area contributed by atoms with E-state index in [0.29, 0.717) is 0 Å². The van der Waals surface area contributed by atoms with E-state index in [1.165, 1.54) is 4.90 Å². The fraction of sp³-hybridized carbons (Fsp3) is 0.556. The highest BCUT2D eigenvalue weighted by atomic mass is 16.2. The summed E-state index contributed by atoms with van der Waals surface area (Å²) in [5.41, 5.74) is -0.433. The Morgan fingerprint density at radius 3 is 2.17 bits per heavy atom. The Morgan fingerprint density at radius 1 is 1.42 bits per heavy atom. The van der Waals surface area contributed by atoms with Crippen molar-refractivity contribution >= 4 is 12.2 Å². The number of hydrogen-bond acceptors (Lipinski definition) is 2. The Morgan fingerprint density at radius 2 is 1.92 bits per heavy atom. The SMILES string of the molecule is C/C=C\N(C=N)C(=O)C(C)(C)C. The molecule has 0 spiro atoms. The number of nitrogens with zero attached hydrogens (tertiary/aromatic N) is 1. The number of nitrogens with one attached hydrogen (secondary N) is 1. The average molecular weight is 168 g/mol. The van der Waals surface area contributed by atoms with Gasteiger partial charge < -0.3 is 0 Å². The first-order valence-corrected chi connectivity index (χ1v) is 3.89. The zero-order valence-corrected chi connectivity index (χ0v) is 8.09. The van der Waals surface area contributed by atoms with E-state index in [1.807, 2.05) is 27.7 Å². The van der Waals surface area contributed by atoms with Crippen LogP contribution in [0.4, 0.5) is 0 Å². The summed E-state index contributed by atoms with van der Waals surface area (Å²) in [5, 5.41) is 7.00. The first kappa shape index (κ1) is 10.9. The second-order valence-corrected chi connectivity index (χ2v) is 3.57. The van der Waals surface area contributed by atoms with Crippen molar-refractivity contribution in [1.29, 1.82) is 5.41 Å². The molecule has 0 heterocycles. The minimum Gasteiger partial charge on any atom is -0.291 e. The predicted octanol–water partition coefficient (Wildman–Crippen LogP) is 2.00. The van der Waals surface area contributed by atoms with Crippen LogP contribution in [0.2, 0.25) is 0 Å². The molecular formula is C9H16N2O. The van der Waals surface area contributed by atoms with Crippen LogP contribution in [-0.4, -0.2) is 17.1 Å². The predicted molar refractivity (Wildman–Crippen MR) is 49.9 cm³/mol. The minimum atomic E-state index is -0.433. The maximum atomic E-state index is 11.5. The van der Waals surface area contributed by atoms with E-state index >= 15 is 0 Å². The van der Waals surface area contributed by atoms with Crippen LogP contribution in [0.3, 0.4) is 0 Å². The zero-order chi connectivity index (χ0) is 9.78. The Balaban J connectivity index is 4.54. The Bertz CT molecular complexity index is 201. The highest BCUT2D eigenvalue weighted by Gasteiger charge is 2.24. The van der Waals surface area contributed by atoms with Gasteiger partial charge in [0.25, 0.3) is 0 Å². The first-order chi connectivity index (χ1) is 5.43. The molecule has 0 aromatic heterocycles. The van der Waals surface area contributed by atoms with E-state index in [9.17, 15) is 4.79 Å². The maximum Gasteiger partial charge on any atom is 0.237 e. The molecule has 0 rings (SSSR count). The van der Waals surface area contributed by atoms with Gasteiger partial charge in [-0.2, -0.15) is 0 Å². The van der Waals surface area contributed by atoms with Gasteiger partial charge in [0.1, 0.15) is 0 Å². The van der Waals surface area contributed by atoms with Gasteiger partial charge in [0, 0.05) is 11.6 Å². The molecule has 0 aliphatic carbocycles. The van der Waals surface area contributed by atoms with Crippen molar-refractivity contribution in [3.63, 3.8) is 0 Å². The van der Waals surface area contributed by atoms with Crippen molar-refractivity contribution in [3.05, 3.63) is 12.3 Å². The van der Waals surface area contributed by atoms with Crippen LogP contribution >= 0.6 is 0 Å². The molecule has 12 heavy (non-hydrogen) atoms. The molecule has 0 aromatic rings. The lowest BCUT2D eigenvalue weighted by atomic mass is 9.95. The molecule has 0 aromatic carbocycles. The van der Waals surface area contributed by atoms with E-state index < -0.39 is 5.41 Å². The molecule has 1 N–H and O–H groups in total. The Labute approximate surface area is 73.6 Å². The monoisotopic (exact) mass is 168 g/mol. The summed E-state index contributed by atoms with van der Waals surface area (Å²) in [4.78, 5) is 12.8. The standard InChI is InChI=1S/C9H16N2O/c1-5-6-11(7-10)8(12)9(2,3)4/h5-7,10H,1-4H3/b6-5-,10-7?. The van der Waals surface area contributed by atoms with Gasteiger partial charge in [-0.1, -0.05) is 26.8 Å². The third-order valence-electron chi connectivity index (χ3n) is 1.32. The van der Waals surface area contributed by atoms with Gasteiger partial charge in [-0.05, 0) is 6.92 Å². The summed E-state index contributed by atoms with van der Waals surface area (Å²) in [7, 11) is 0. The molecular weight excluding hydrogens is 152 g/mol. The van der Waals surface area contributed by atoms with E-state index in [0.717, 1.165) is 6.34 Å². The Kier molecular flexibility index (Phi) is 3.67. The number of carbonyl (C=O) groups is 1. The summed E-state index contributed by atoms with van der Waals surface area (Å²) in [6, 6.07) is 0. The molecule has 3 nitrogen and oxygen atoms in total. The van der Waals surface area contributed by atoms with Crippen molar-refractivity contribution in [2.75, 3.05) is 0 Å². The lowest BCUT2D eigenvalue weighted by Crippen LogP contribution is -2.34. The van der Waals surface area contributed by atoms with Crippen LogP contribution in [0.25, 0.3) is 0 Å². The average Bonchev–Trinajstić information content (AvgIpc) is 1.97. The molecule has 0 fully saturated rings. The van der Waals surface area contributed by atoms with Crippen molar-refractivity contribution in [3.8, 4) is 0 Å². The summed E-state index contributed by atoms with van der Waals surface area (Å²) >= 11 is 0. The molecule has 0 aliphatic heterocycles. The van der Waals surface area contributed by atoms with Crippen LogP contribution in [0, 0.1) is 10.8 Å². The number of amides is 1. The molecule has 68 valence electrons. The quantitative estimate of drug-likeness (QED) is 0.497. The summed E-state index contributed by atoms with van der Waals surface area (Å²) in [6.07, 6.45) is 4.34. The lowest BCUT2D eigenvalue weighted by molar-refractivity contribution is -0.133. The number of rotatable bonds is 2. The first-order valence-electron chi connectivity index (χ1n) is 3.89. The van der Waals surface area contributed by atoms with E-state index in [-0.39, 0.29) is 5.91 Å². The zero-order valence-electron chi connectivity index (χ0n) is 8.09. The van der Waals surface area contributed by atoms with Crippen molar-refractivity contribution < 1.29 is 4.79 Å². The van der Waals surface area contributed by atoms with Crippen molar-refractivity contribution in [1.82, 2.24) is 4.90 Å². The largest absolute Gasteiger partial charge is 0.291 e. The van der Waals surface area contributed by atoms with Crippen LogP contribution in [-0.2, 0) is 4.79 Å². The Hall–Kier alpha value is -1.12. The molecule has 0 unspecified atom stereocenters.